The lowest BCUT2D eigenvalue weighted by molar-refractivity contribution is 0.0697. The van der Waals surface area contributed by atoms with Gasteiger partial charge in [-0.1, -0.05) is 30.3 Å². The molecule has 26 heavy (non-hydrogen) atoms. The second-order valence-electron chi connectivity index (χ2n) is 5.27. The minimum atomic E-state index is -0.963. The Hall–Kier alpha value is -3.45. The fourth-order valence-corrected chi connectivity index (χ4v) is 2.36. The van der Waals surface area contributed by atoms with Gasteiger partial charge in [-0.3, -0.25) is 5.43 Å². The summed E-state index contributed by atoms with van der Waals surface area (Å²) in [7, 11) is 0. The zero-order valence-corrected chi connectivity index (χ0v) is 14.4. The maximum Gasteiger partial charge on any atom is 0.335 e. The maximum atomic E-state index is 10.9. The molecule has 0 saturated carbocycles. The van der Waals surface area contributed by atoms with E-state index in [9.17, 15) is 4.79 Å². The molecular weight excluding hydrogens is 350 g/mol. The van der Waals surface area contributed by atoms with E-state index >= 15 is 0 Å². The minimum absolute atomic E-state index is 0.228. The number of nitrogens with zero attached hydrogens (tertiary/aromatic N) is 1. The Morgan fingerprint density at radius 2 is 1.77 bits per heavy atom. The Balaban J connectivity index is 1.58. The van der Waals surface area contributed by atoms with E-state index < -0.39 is 5.97 Å². The first-order chi connectivity index (χ1) is 12.6. The number of nitrogens with one attached hydrogen (secondary N) is 2. The highest BCUT2D eigenvalue weighted by atomic mass is 32.1. The molecule has 1 heterocycles. The van der Waals surface area contributed by atoms with Gasteiger partial charge in [-0.15, -0.1) is 0 Å². The summed E-state index contributed by atoms with van der Waals surface area (Å²) in [4.78, 5) is 10.9. The fraction of sp³-hybridized carbons (Fsp3) is 0. The van der Waals surface area contributed by atoms with Crippen LogP contribution in [0.4, 0.5) is 5.69 Å². The first kappa shape index (κ1) is 17.4. The van der Waals surface area contributed by atoms with Crippen molar-refractivity contribution in [1.82, 2.24) is 5.43 Å². The van der Waals surface area contributed by atoms with Crippen molar-refractivity contribution in [3.63, 3.8) is 0 Å². The number of carboxylic acid groups (broad SMARTS) is 1. The number of rotatable bonds is 5. The lowest BCUT2D eigenvalue weighted by Crippen LogP contribution is -2.23. The summed E-state index contributed by atoms with van der Waals surface area (Å²) < 4.78 is 5.67. The molecule has 0 saturated heterocycles. The molecule has 0 amide bonds. The highest BCUT2D eigenvalue weighted by Crippen LogP contribution is 2.22. The Bertz CT molecular complexity index is 934. The number of hydrogen-bond donors (Lipinski definition) is 3. The molecule has 0 radical (unpaired) electrons. The van der Waals surface area contributed by atoms with Crippen LogP contribution in [-0.4, -0.2) is 22.4 Å². The number of carboxylic acids is 1. The van der Waals surface area contributed by atoms with E-state index in [-0.39, 0.29) is 5.56 Å². The van der Waals surface area contributed by atoms with Crippen molar-refractivity contribution >= 4 is 35.2 Å². The topological polar surface area (TPSA) is 86.9 Å². The normalized spacial score (nSPS) is 10.6. The number of benzene rings is 2. The lowest BCUT2D eigenvalue weighted by atomic mass is 10.1. The average Bonchev–Trinajstić information content (AvgIpc) is 3.11. The van der Waals surface area contributed by atoms with Crippen LogP contribution in [0.5, 0.6) is 0 Å². The quantitative estimate of drug-likeness (QED) is 0.360. The van der Waals surface area contributed by atoms with E-state index in [1.165, 1.54) is 18.3 Å². The predicted molar refractivity (Wildman–Crippen MR) is 104 cm³/mol. The fourth-order valence-electron chi connectivity index (χ4n) is 2.19. The molecule has 1 aromatic heterocycles. The average molecular weight is 365 g/mol. The van der Waals surface area contributed by atoms with E-state index in [1.807, 2.05) is 30.3 Å². The van der Waals surface area contributed by atoms with Gasteiger partial charge < -0.3 is 14.8 Å². The van der Waals surface area contributed by atoms with Crippen molar-refractivity contribution in [1.29, 1.82) is 0 Å². The Kier molecular flexibility index (Phi) is 5.40. The van der Waals surface area contributed by atoms with E-state index in [4.69, 9.17) is 21.7 Å². The lowest BCUT2D eigenvalue weighted by Gasteiger charge is -2.05. The molecule has 0 unspecified atom stereocenters. The predicted octanol–water partition coefficient (Wildman–Crippen LogP) is 3.97. The third kappa shape index (κ3) is 4.55. The van der Waals surface area contributed by atoms with Crippen LogP contribution in [0.2, 0.25) is 0 Å². The molecule has 130 valence electrons. The number of carbonyl (C=O) groups is 1. The highest BCUT2D eigenvalue weighted by molar-refractivity contribution is 7.80. The van der Waals surface area contributed by atoms with Crippen molar-refractivity contribution < 1.29 is 14.3 Å². The van der Waals surface area contributed by atoms with E-state index in [1.54, 1.807) is 24.3 Å². The molecule has 0 spiro atoms. The first-order valence-electron chi connectivity index (χ1n) is 7.70. The molecule has 7 heteroatoms. The molecule has 3 N–H and O–H groups in total. The standard InChI is InChI=1S/C19H15N3O3S/c23-18(24)14-8-6-13(7-9-14)17-11-10-16(25-17)12-20-22-19(26)21-15-4-2-1-3-5-15/h1-12H,(H,23,24)(H2,21,22,26)/b20-12+. The molecular formula is C19H15N3O3S. The van der Waals surface area contributed by atoms with Gasteiger partial charge in [0.1, 0.15) is 11.5 Å². The van der Waals surface area contributed by atoms with Crippen molar-refractivity contribution in [2.45, 2.75) is 0 Å². The van der Waals surface area contributed by atoms with Crippen LogP contribution in [-0.2, 0) is 0 Å². The molecule has 0 aliphatic heterocycles. The van der Waals surface area contributed by atoms with Gasteiger partial charge in [-0.2, -0.15) is 5.10 Å². The van der Waals surface area contributed by atoms with Crippen LogP contribution in [0, 0.1) is 0 Å². The summed E-state index contributed by atoms with van der Waals surface area (Å²) in [6, 6.07) is 19.5. The monoisotopic (exact) mass is 365 g/mol. The van der Waals surface area contributed by atoms with Crippen LogP contribution < -0.4 is 10.7 Å². The Morgan fingerprint density at radius 3 is 2.46 bits per heavy atom. The number of hydrogen-bond acceptors (Lipinski definition) is 4. The van der Waals surface area contributed by atoms with Gasteiger partial charge in [0.15, 0.2) is 5.11 Å². The second kappa shape index (κ2) is 8.09. The summed E-state index contributed by atoms with van der Waals surface area (Å²) in [5.41, 5.74) is 4.59. The van der Waals surface area contributed by atoms with Crippen molar-refractivity contribution in [3.05, 3.63) is 78.1 Å². The molecule has 0 bridgehead atoms. The van der Waals surface area contributed by atoms with Crippen LogP contribution >= 0.6 is 12.2 Å². The first-order valence-corrected chi connectivity index (χ1v) is 8.11. The number of furan rings is 1. The highest BCUT2D eigenvalue weighted by Gasteiger charge is 2.06. The van der Waals surface area contributed by atoms with Gasteiger partial charge in [0, 0.05) is 11.3 Å². The van der Waals surface area contributed by atoms with E-state index in [0.717, 1.165) is 11.3 Å². The number of thiocarbonyl (C=S) groups is 1. The molecule has 3 aromatic rings. The number of anilines is 1. The Labute approximate surface area is 155 Å². The van der Waals surface area contributed by atoms with Gasteiger partial charge in [0.05, 0.1) is 11.8 Å². The molecule has 2 aromatic carbocycles. The van der Waals surface area contributed by atoms with E-state index in [0.29, 0.717) is 16.6 Å². The zero-order valence-electron chi connectivity index (χ0n) is 13.5. The van der Waals surface area contributed by atoms with Gasteiger partial charge >= 0.3 is 5.97 Å². The summed E-state index contributed by atoms with van der Waals surface area (Å²) in [5, 5.41) is 16.3. The molecule has 3 rings (SSSR count). The number of aromatic carboxylic acids is 1. The molecule has 6 nitrogen and oxygen atoms in total. The third-order valence-electron chi connectivity index (χ3n) is 3.43. The van der Waals surface area contributed by atoms with Gasteiger partial charge in [0.2, 0.25) is 0 Å². The van der Waals surface area contributed by atoms with Crippen LogP contribution in [0.1, 0.15) is 16.1 Å². The van der Waals surface area contributed by atoms with Crippen LogP contribution in [0.15, 0.2) is 76.2 Å². The molecule has 0 fully saturated rings. The van der Waals surface area contributed by atoms with E-state index in [2.05, 4.69) is 15.8 Å². The number of hydrazone groups is 1. The third-order valence-corrected chi connectivity index (χ3v) is 3.63. The number of para-hydroxylation sites is 1. The van der Waals surface area contributed by atoms with Gasteiger partial charge in [0.25, 0.3) is 0 Å². The van der Waals surface area contributed by atoms with Crippen molar-refractivity contribution in [2.24, 2.45) is 5.10 Å². The van der Waals surface area contributed by atoms with Gasteiger partial charge in [-0.25, -0.2) is 4.79 Å². The van der Waals surface area contributed by atoms with Crippen LogP contribution in [0.3, 0.4) is 0 Å². The summed E-state index contributed by atoms with van der Waals surface area (Å²) >= 11 is 5.15. The summed E-state index contributed by atoms with van der Waals surface area (Å²) in [6.45, 7) is 0. The van der Waals surface area contributed by atoms with Crippen LogP contribution in [0.25, 0.3) is 11.3 Å². The SMILES string of the molecule is O=C(O)c1ccc(-c2ccc(/C=N/NC(=S)Nc3ccccc3)o2)cc1. The summed E-state index contributed by atoms with van der Waals surface area (Å²) in [6.07, 6.45) is 1.51. The van der Waals surface area contributed by atoms with Crippen molar-refractivity contribution in [2.75, 3.05) is 5.32 Å². The molecule has 0 atom stereocenters. The largest absolute Gasteiger partial charge is 0.478 e. The van der Waals surface area contributed by atoms with Crippen molar-refractivity contribution in [3.8, 4) is 11.3 Å². The zero-order chi connectivity index (χ0) is 18.4. The minimum Gasteiger partial charge on any atom is -0.478 e. The Morgan fingerprint density at radius 1 is 1.04 bits per heavy atom. The molecule has 0 aliphatic carbocycles. The molecule has 0 aliphatic rings. The maximum absolute atomic E-state index is 10.9. The van der Waals surface area contributed by atoms with Gasteiger partial charge in [-0.05, 0) is 48.6 Å². The summed E-state index contributed by atoms with van der Waals surface area (Å²) in [5.74, 6) is 0.195. The second-order valence-corrected chi connectivity index (χ2v) is 5.68. The smallest absolute Gasteiger partial charge is 0.335 e.